The lowest BCUT2D eigenvalue weighted by Gasteiger charge is -2.20. The highest BCUT2D eigenvalue weighted by Crippen LogP contribution is 2.10. The molecule has 0 aromatic carbocycles. The minimum Gasteiger partial charge on any atom is -0.353 e. The van der Waals surface area contributed by atoms with Gasteiger partial charge in [-0.3, -0.25) is 0 Å². The molecular formula is C15H30N4. The van der Waals surface area contributed by atoms with Crippen LogP contribution in [0.5, 0.6) is 0 Å². The first-order valence-electron chi connectivity index (χ1n) is 7.71. The smallest absolute Gasteiger partial charge is 0.202 e. The van der Waals surface area contributed by atoms with Gasteiger partial charge in [0.15, 0.2) is 0 Å². The molecule has 4 heteroatoms. The molecule has 0 radical (unpaired) electrons. The fourth-order valence-corrected chi connectivity index (χ4v) is 2.32. The summed E-state index contributed by atoms with van der Waals surface area (Å²) in [6.45, 7) is 13.4. The molecule has 0 amide bonds. The highest BCUT2D eigenvalue weighted by Gasteiger charge is 2.07. The molecular weight excluding hydrogens is 236 g/mol. The lowest BCUT2D eigenvalue weighted by Crippen LogP contribution is -2.26. The topological polar surface area (TPSA) is 33.1 Å². The maximum Gasteiger partial charge on any atom is 0.202 e. The van der Waals surface area contributed by atoms with E-state index in [0.29, 0.717) is 6.04 Å². The van der Waals surface area contributed by atoms with Crippen LogP contribution in [0.3, 0.4) is 0 Å². The van der Waals surface area contributed by atoms with Gasteiger partial charge in [-0.1, -0.05) is 20.8 Å². The van der Waals surface area contributed by atoms with Gasteiger partial charge >= 0.3 is 0 Å². The number of nitrogens with one attached hydrogen (secondary N) is 1. The number of aromatic nitrogens is 2. The van der Waals surface area contributed by atoms with E-state index >= 15 is 0 Å². The predicted octanol–water partition coefficient (Wildman–Crippen LogP) is 3.22. The Labute approximate surface area is 118 Å². The number of hydrogen-bond donors (Lipinski definition) is 1. The van der Waals surface area contributed by atoms with Crippen LogP contribution in [0.1, 0.15) is 47.0 Å². The summed E-state index contributed by atoms with van der Waals surface area (Å²) in [5, 5.41) is 3.52. The molecule has 0 aliphatic heterocycles. The Balaban J connectivity index is 2.30. The molecule has 4 nitrogen and oxygen atoms in total. The van der Waals surface area contributed by atoms with Crippen molar-refractivity contribution in [2.45, 2.75) is 59.5 Å². The molecule has 1 unspecified atom stereocenters. The Morgan fingerprint density at radius 1 is 1.32 bits per heavy atom. The summed E-state index contributed by atoms with van der Waals surface area (Å²) in [6, 6.07) is 0.480. The fraction of sp³-hybridized carbons (Fsp3) is 0.800. The van der Waals surface area contributed by atoms with Crippen molar-refractivity contribution in [3.63, 3.8) is 0 Å². The molecule has 0 spiro atoms. The van der Waals surface area contributed by atoms with Gasteiger partial charge in [-0.05, 0) is 45.8 Å². The van der Waals surface area contributed by atoms with E-state index in [4.69, 9.17) is 0 Å². The molecule has 1 atom stereocenters. The zero-order valence-electron chi connectivity index (χ0n) is 13.0. The Bertz CT molecular complexity index is 331. The van der Waals surface area contributed by atoms with Gasteiger partial charge in [-0.2, -0.15) is 0 Å². The molecule has 19 heavy (non-hydrogen) atoms. The second kappa shape index (κ2) is 8.97. The van der Waals surface area contributed by atoms with Crippen molar-refractivity contribution in [2.24, 2.45) is 0 Å². The molecule has 1 N–H and O–H groups in total. The van der Waals surface area contributed by atoms with Crippen LogP contribution in [0.2, 0.25) is 0 Å². The molecule has 1 rings (SSSR count). The number of imidazole rings is 1. The summed E-state index contributed by atoms with van der Waals surface area (Å²) in [4.78, 5) is 6.87. The molecule has 0 aliphatic rings. The zero-order valence-corrected chi connectivity index (χ0v) is 13.0. The minimum absolute atomic E-state index is 0.480. The molecule has 0 saturated heterocycles. The van der Waals surface area contributed by atoms with E-state index < -0.39 is 0 Å². The maximum atomic E-state index is 4.39. The Kier molecular flexibility index (Phi) is 7.56. The summed E-state index contributed by atoms with van der Waals surface area (Å²) in [5.41, 5.74) is 0. The Morgan fingerprint density at radius 3 is 2.68 bits per heavy atom. The monoisotopic (exact) mass is 266 g/mol. The van der Waals surface area contributed by atoms with Gasteiger partial charge in [-0.25, -0.2) is 4.98 Å². The van der Waals surface area contributed by atoms with Gasteiger partial charge in [0.1, 0.15) is 0 Å². The van der Waals surface area contributed by atoms with Crippen molar-refractivity contribution in [1.82, 2.24) is 14.5 Å². The van der Waals surface area contributed by atoms with Crippen molar-refractivity contribution < 1.29 is 0 Å². The third-order valence-corrected chi connectivity index (χ3v) is 3.56. The van der Waals surface area contributed by atoms with Crippen LogP contribution in [-0.2, 0) is 6.54 Å². The standard InChI is InChI=1S/C15H30N4/c1-5-11-19-13-10-16-15(19)17-14(4)9-8-12-18(6-2)7-3/h10,13-14H,5-9,11-12H2,1-4H3,(H,16,17). The average Bonchev–Trinajstić information content (AvgIpc) is 2.82. The molecule has 0 fully saturated rings. The molecule has 0 saturated carbocycles. The molecule has 1 aromatic rings. The van der Waals surface area contributed by atoms with Crippen molar-refractivity contribution in [2.75, 3.05) is 25.0 Å². The van der Waals surface area contributed by atoms with Crippen molar-refractivity contribution in [3.8, 4) is 0 Å². The number of hydrogen-bond acceptors (Lipinski definition) is 3. The van der Waals surface area contributed by atoms with E-state index in [1.165, 1.54) is 19.4 Å². The van der Waals surface area contributed by atoms with Crippen molar-refractivity contribution >= 4 is 5.95 Å². The zero-order chi connectivity index (χ0) is 14.1. The first-order chi connectivity index (χ1) is 9.21. The number of nitrogens with zero attached hydrogens (tertiary/aromatic N) is 3. The van der Waals surface area contributed by atoms with Gasteiger partial charge < -0.3 is 14.8 Å². The number of aryl methyl sites for hydroxylation is 1. The van der Waals surface area contributed by atoms with E-state index in [0.717, 1.165) is 32.0 Å². The van der Waals surface area contributed by atoms with E-state index in [-0.39, 0.29) is 0 Å². The second-order valence-electron chi connectivity index (χ2n) is 5.16. The first-order valence-corrected chi connectivity index (χ1v) is 7.71. The van der Waals surface area contributed by atoms with Gasteiger partial charge in [0, 0.05) is 25.0 Å². The van der Waals surface area contributed by atoms with E-state index in [1.54, 1.807) is 0 Å². The average molecular weight is 266 g/mol. The van der Waals surface area contributed by atoms with Crippen molar-refractivity contribution in [3.05, 3.63) is 12.4 Å². The van der Waals surface area contributed by atoms with E-state index in [9.17, 15) is 0 Å². The molecule has 0 bridgehead atoms. The van der Waals surface area contributed by atoms with E-state index in [1.807, 2.05) is 6.20 Å². The van der Waals surface area contributed by atoms with Crippen LogP contribution in [0.25, 0.3) is 0 Å². The quantitative estimate of drug-likeness (QED) is 0.706. The molecule has 0 aliphatic carbocycles. The second-order valence-corrected chi connectivity index (χ2v) is 5.16. The van der Waals surface area contributed by atoms with Crippen molar-refractivity contribution in [1.29, 1.82) is 0 Å². The summed E-state index contributed by atoms with van der Waals surface area (Å²) in [6.07, 6.45) is 7.50. The number of rotatable bonds is 10. The van der Waals surface area contributed by atoms with Gasteiger partial charge in [-0.15, -0.1) is 0 Å². The van der Waals surface area contributed by atoms with Crippen LogP contribution < -0.4 is 5.32 Å². The lowest BCUT2D eigenvalue weighted by molar-refractivity contribution is 0.295. The molecule has 110 valence electrons. The van der Waals surface area contributed by atoms with Crippen LogP contribution in [0, 0.1) is 0 Å². The summed E-state index contributed by atoms with van der Waals surface area (Å²) in [7, 11) is 0. The highest BCUT2D eigenvalue weighted by molar-refractivity contribution is 5.27. The predicted molar refractivity (Wildman–Crippen MR) is 82.6 cm³/mol. The highest BCUT2D eigenvalue weighted by atomic mass is 15.2. The lowest BCUT2D eigenvalue weighted by atomic mass is 10.2. The van der Waals surface area contributed by atoms with Gasteiger partial charge in [0.25, 0.3) is 0 Å². The Morgan fingerprint density at radius 2 is 2.05 bits per heavy atom. The Hall–Kier alpha value is -1.03. The minimum atomic E-state index is 0.480. The van der Waals surface area contributed by atoms with Crippen LogP contribution >= 0.6 is 0 Å². The maximum absolute atomic E-state index is 4.39. The SMILES string of the molecule is CCCn1ccnc1NC(C)CCCN(CC)CC. The van der Waals surface area contributed by atoms with Crippen LogP contribution in [-0.4, -0.2) is 40.1 Å². The normalized spacial score (nSPS) is 12.9. The fourth-order valence-electron chi connectivity index (χ4n) is 2.32. The van der Waals surface area contributed by atoms with E-state index in [2.05, 4.69) is 53.7 Å². The summed E-state index contributed by atoms with van der Waals surface area (Å²) >= 11 is 0. The van der Waals surface area contributed by atoms with Crippen LogP contribution in [0.15, 0.2) is 12.4 Å². The van der Waals surface area contributed by atoms with Crippen LogP contribution in [0.4, 0.5) is 5.95 Å². The first kappa shape index (κ1) is 16.0. The summed E-state index contributed by atoms with van der Waals surface area (Å²) < 4.78 is 2.20. The van der Waals surface area contributed by atoms with Gasteiger partial charge in [0.05, 0.1) is 0 Å². The summed E-state index contributed by atoms with van der Waals surface area (Å²) in [5.74, 6) is 1.01. The largest absolute Gasteiger partial charge is 0.353 e. The third-order valence-electron chi connectivity index (χ3n) is 3.56. The molecule has 1 heterocycles. The number of anilines is 1. The van der Waals surface area contributed by atoms with Gasteiger partial charge in [0.2, 0.25) is 5.95 Å². The third kappa shape index (κ3) is 5.64. The molecule has 1 aromatic heterocycles.